The number of fused-ring (bicyclic) bond motifs is 1. The molecule has 2 aromatic carbocycles. The van der Waals surface area contributed by atoms with E-state index in [9.17, 15) is 9.18 Å². The Morgan fingerprint density at radius 3 is 2.68 bits per heavy atom. The summed E-state index contributed by atoms with van der Waals surface area (Å²) < 4.78 is 13.3. The number of thiophene rings is 1. The van der Waals surface area contributed by atoms with Gasteiger partial charge in [0.15, 0.2) is 0 Å². The fourth-order valence-corrected chi connectivity index (χ4v) is 4.06. The lowest BCUT2D eigenvalue weighted by molar-refractivity contribution is 0.0958. The number of carbonyl (C=O) groups excluding carboxylic acids is 1. The molecule has 28 heavy (non-hydrogen) atoms. The number of nitrogens with zero attached hydrogens (tertiary/aromatic N) is 1. The molecule has 0 spiro atoms. The van der Waals surface area contributed by atoms with E-state index in [2.05, 4.69) is 15.7 Å². The molecule has 0 atom stereocenters. The molecule has 0 aliphatic heterocycles. The second kappa shape index (κ2) is 7.75. The molecule has 140 valence electrons. The topological polar surface area (TPSA) is 80.0 Å². The highest BCUT2D eigenvalue weighted by Crippen LogP contribution is 2.37. The molecular weight excluding hydrogens is 375 g/mol. The van der Waals surface area contributed by atoms with E-state index in [1.807, 2.05) is 35.7 Å². The van der Waals surface area contributed by atoms with E-state index in [0.717, 1.165) is 27.6 Å². The van der Waals surface area contributed by atoms with Crippen molar-refractivity contribution in [3.05, 3.63) is 82.4 Å². The number of benzene rings is 2. The average Bonchev–Trinajstić information content (AvgIpc) is 3.16. The van der Waals surface area contributed by atoms with Gasteiger partial charge >= 0.3 is 0 Å². The second-order valence-electron chi connectivity index (χ2n) is 6.17. The fourth-order valence-electron chi connectivity index (χ4n) is 3.10. The van der Waals surface area contributed by atoms with Crippen molar-refractivity contribution in [1.29, 1.82) is 0 Å². The summed E-state index contributed by atoms with van der Waals surface area (Å²) >= 11 is 1.29. The molecule has 0 fully saturated rings. The molecule has 5 nitrogen and oxygen atoms in total. The minimum Gasteiger partial charge on any atom is -0.379 e. The van der Waals surface area contributed by atoms with Crippen LogP contribution >= 0.6 is 11.3 Å². The number of hydrogen-bond donors (Lipinski definition) is 3. The largest absolute Gasteiger partial charge is 0.379 e. The van der Waals surface area contributed by atoms with Crippen LogP contribution in [0, 0.1) is 5.82 Å². The third-order valence-corrected chi connectivity index (χ3v) is 5.46. The number of amides is 1. The van der Waals surface area contributed by atoms with E-state index in [4.69, 9.17) is 5.84 Å². The molecule has 0 bridgehead atoms. The van der Waals surface area contributed by atoms with Crippen molar-refractivity contribution in [3.63, 3.8) is 0 Å². The maximum atomic E-state index is 13.3. The van der Waals surface area contributed by atoms with E-state index in [1.165, 1.54) is 23.5 Å². The Morgan fingerprint density at radius 2 is 1.89 bits per heavy atom. The lowest BCUT2D eigenvalue weighted by Gasteiger charge is -2.12. The van der Waals surface area contributed by atoms with Gasteiger partial charge < -0.3 is 5.32 Å². The van der Waals surface area contributed by atoms with Gasteiger partial charge in [-0.25, -0.2) is 10.2 Å². The number of pyridine rings is 1. The van der Waals surface area contributed by atoms with Crippen molar-refractivity contribution < 1.29 is 9.18 Å². The molecule has 1 amide bonds. The molecule has 4 rings (SSSR count). The van der Waals surface area contributed by atoms with Crippen molar-refractivity contribution in [2.75, 3.05) is 5.32 Å². The summed E-state index contributed by atoms with van der Waals surface area (Å²) in [5, 5.41) is 6.28. The van der Waals surface area contributed by atoms with Gasteiger partial charge in [-0.15, -0.1) is 11.3 Å². The van der Waals surface area contributed by atoms with Crippen LogP contribution in [0.5, 0.6) is 0 Å². The monoisotopic (exact) mass is 392 g/mol. The molecule has 7 heteroatoms. The van der Waals surface area contributed by atoms with Crippen LogP contribution < -0.4 is 16.6 Å². The molecule has 2 heterocycles. The van der Waals surface area contributed by atoms with Crippen LogP contribution in [0.25, 0.3) is 22.0 Å². The predicted octanol–water partition coefficient (Wildman–Crippen LogP) is 4.32. The molecule has 2 aromatic heterocycles. The van der Waals surface area contributed by atoms with Crippen LogP contribution in [0.1, 0.15) is 15.2 Å². The quantitative estimate of drug-likeness (QED) is 0.268. The summed E-state index contributed by atoms with van der Waals surface area (Å²) in [6.45, 7) is 0.499. The summed E-state index contributed by atoms with van der Waals surface area (Å²) in [4.78, 5) is 17.1. The molecule has 0 aliphatic rings. The van der Waals surface area contributed by atoms with Gasteiger partial charge in [-0.2, -0.15) is 0 Å². The third-order valence-electron chi connectivity index (χ3n) is 4.48. The molecular formula is C21H17FN4OS. The van der Waals surface area contributed by atoms with Gasteiger partial charge in [-0.3, -0.25) is 15.2 Å². The number of anilines is 1. The first-order chi connectivity index (χ1) is 13.7. The summed E-state index contributed by atoms with van der Waals surface area (Å²) in [5.74, 6) is 4.66. The number of hydrogen-bond acceptors (Lipinski definition) is 5. The van der Waals surface area contributed by atoms with Gasteiger partial charge in [0.1, 0.15) is 10.7 Å². The summed E-state index contributed by atoms with van der Waals surface area (Å²) in [7, 11) is 0. The van der Waals surface area contributed by atoms with E-state index in [1.54, 1.807) is 18.3 Å². The molecule has 4 aromatic rings. The number of nitrogens with two attached hydrogens (primary N) is 1. The van der Waals surface area contributed by atoms with E-state index >= 15 is 0 Å². The smallest absolute Gasteiger partial charge is 0.277 e. The normalized spacial score (nSPS) is 10.8. The molecule has 0 saturated heterocycles. The Bertz CT molecular complexity index is 1140. The minimum absolute atomic E-state index is 0.309. The van der Waals surface area contributed by atoms with Gasteiger partial charge in [0.2, 0.25) is 0 Å². The van der Waals surface area contributed by atoms with Gasteiger partial charge in [0.05, 0.1) is 11.2 Å². The highest BCUT2D eigenvalue weighted by Gasteiger charge is 2.19. The number of halogens is 1. The lowest BCUT2D eigenvalue weighted by Crippen LogP contribution is -2.29. The maximum Gasteiger partial charge on any atom is 0.277 e. The number of aromatic nitrogens is 1. The second-order valence-corrected chi connectivity index (χ2v) is 7.05. The van der Waals surface area contributed by atoms with Crippen molar-refractivity contribution in [1.82, 2.24) is 10.4 Å². The molecule has 0 unspecified atom stereocenters. The van der Waals surface area contributed by atoms with Gasteiger partial charge in [0.25, 0.3) is 5.91 Å². The third kappa shape index (κ3) is 3.45. The summed E-state index contributed by atoms with van der Waals surface area (Å²) in [5.41, 5.74) is 6.45. The molecule has 0 saturated carbocycles. The number of rotatable bonds is 5. The van der Waals surface area contributed by atoms with E-state index in [0.29, 0.717) is 17.1 Å². The zero-order valence-electron chi connectivity index (χ0n) is 14.8. The Balaban J connectivity index is 1.72. The van der Waals surface area contributed by atoms with E-state index in [-0.39, 0.29) is 11.7 Å². The highest BCUT2D eigenvalue weighted by atomic mass is 32.1. The van der Waals surface area contributed by atoms with Crippen molar-refractivity contribution in [2.24, 2.45) is 5.84 Å². The Morgan fingerprint density at radius 1 is 1.11 bits per heavy atom. The minimum atomic E-state index is -0.375. The van der Waals surface area contributed by atoms with Crippen molar-refractivity contribution in [2.45, 2.75) is 6.54 Å². The van der Waals surface area contributed by atoms with Gasteiger partial charge in [0, 0.05) is 29.1 Å². The first kappa shape index (κ1) is 18.1. The first-order valence-corrected chi connectivity index (χ1v) is 9.50. The zero-order chi connectivity index (χ0) is 19.5. The number of nitrogens with one attached hydrogen (secondary N) is 2. The van der Waals surface area contributed by atoms with Gasteiger partial charge in [-0.1, -0.05) is 30.3 Å². The average molecular weight is 392 g/mol. The highest BCUT2D eigenvalue weighted by molar-refractivity contribution is 7.13. The number of para-hydroxylation sites is 1. The van der Waals surface area contributed by atoms with Gasteiger partial charge in [-0.05, 0) is 35.4 Å². The van der Waals surface area contributed by atoms with Crippen LogP contribution in [0.4, 0.5) is 10.1 Å². The predicted molar refractivity (Wildman–Crippen MR) is 110 cm³/mol. The molecule has 4 N–H and O–H groups in total. The van der Waals surface area contributed by atoms with Crippen LogP contribution in [0.3, 0.4) is 0 Å². The standard InChI is InChI=1S/C21H17FN4OS/c22-15-7-5-13(6-8-15)17-12-28-20(21(27)26-23)19(17)25-11-14-9-10-24-18-4-2-1-3-16(14)18/h1-10,12,25H,11,23H2,(H,26,27). The van der Waals surface area contributed by atoms with E-state index < -0.39 is 0 Å². The van der Waals surface area contributed by atoms with Crippen LogP contribution in [0.15, 0.2) is 66.2 Å². The number of hydrazine groups is 1. The van der Waals surface area contributed by atoms with Crippen LogP contribution in [-0.4, -0.2) is 10.9 Å². The maximum absolute atomic E-state index is 13.3. The summed E-state index contributed by atoms with van der Waals surface area (Å²) in [6.07, 6.45) is 1.77. The SMILES string of the molecule is NNC(=O)c1scc(-c2ccc(F)cc2)c1NCc1ccnc2ccccc12. The molecule has 0 aliphatic carbocycles. The van der Waals surface area contributed by atoms with Crippen molar-refractivity contribution >= 4 is 33.8 Å². The van der Waals surface area contributed by atoms with Crippen LogP contribution in [0.2, 0.25) is 0 Å². The van der Waals surface area contributed by atoms with Crippen molar-refractivity contribution in [3.8, 4) is 11.1 Å². The molecule has 0 radical (unpaired) electrons. The Kier molecular flexibility index (Phi) is 5.01. The Labute approximate surface area is 165 Å². The number of carbonyl (C=O) groups is 1. The number of nitrogen functional groups attached to an aromatic ring is 1. The van der Waals surface area contributed by atoms with Crippen LogP contribution in [-0.2, 0) is 6.54 Å². The Hall–Kier alpha value is -3.29. The summed E-state index contributed by atoms with van der Waals surface area (Å²) in [6, 6.07) is 16.0. The lowest BCUT2D eigenvalue weighted by atomic mass is 10.1. The zero-order valence-corrected chi connectivity index (χ0v) is 15.6. The fraction of sp³-hybridized carbons (Fsp3) is 0.0476. The first-order valence-electron chi connectivity index (χ1n) is 8.62.